The first-order chi connectivity index (χ1) is 6.33. The molecule has 1 aliphatic rings. The van der Waals surface area contributed by atoms with Crippen LogP contribution in [0.25, 0.3) is 0 Å². The quantitative estimate of drug-likeness (QED) is 0.396. The van der Waals surface area contributed by atoms with Crippen molar-refractivity contribution in [2.24, 2.45) is 0 Å². The van der Waals surface area contributed by atoms with Crippen LogP contribution in [0.5, 0.6) is 0 Å². The van der Waals surface area contributed by atoms with Gasteiger partial charge >= 0.3 is 26.2 Å². The summed E-state index contributed by atoms with van der Waals surface area (Å²) < 4.78 is 0. The van der Waals surface area contributed by atoms with E-state index in [-0.39, 0.29) is 26.2 Å². The zero-order chi connectivity index (χ0) is 10.4. The largest absolute Gasteiger partial charge is 2.00 e. The molecule has 0 saturated heterocycles. The van der Waals surface area contributed by atoms with Gasteiger partial charge in [0.05, 0.1) is 0 Å². The van der Waals surface area contributed by atoms with Gasteiger partial charge in [0.2, 0.25) is 0 Å². The molecule has 0 amide bonds. The van der Waals surface area contributed by atoms with Gasteiger partial charge in [-0.1, -0.05) is 35.4 Å². The minimum atomic E-state index is 0. The van der Waals surface area contributed by atoms with Crippen molar-refractivity contribution in [3.8, 4) is 0 Å². The zero-order valence-electron chi connectivity index (χ0n) is 8.93. The second-order valence-corrected chi connectivity index (χ2v) is 2.95. The monoisotopic (exact) mass is 332 g/mol. The van der Waals surface area contributed by atoms with E-state index in [1.165, 1.54) is 6.42 Å². The topological polar surface area (TPSA) is 0 Å². The first-order valence-corrected chi connectivity index (χ1v) is 5.63. The van der Waals surface area contributed by atoms with Gasteiger partial charge in [-0.2, -0.15) is 12.5 Å². The number of allylic oxidation sites excluding steroid dienone is 5. The molecule has 0 fully saturated rings. The third-order valence-corrected chi connectivity index (χ3v) is 1.51. The molecule has 14 heavy (non-hydrogen) atoms. The van der Waals surface area contributed by atoms with Gasteiger partial charge in [-0.05, 0) is 0 Å². The predicted molar refractivity (Wildman–Crippen MR) is 65.8 cm³/mol. The molecule has 2 heteroatoms. The molecule has 0 aromatic rings. The molecule has 0 radical (unpaired) electrons. The minimum Gasteiger partial charge on any atom is -0.343 e. The summed E-state index contributed by atoms with van der Waals surface area (Å²) in [6.07, 6.45) is 14.1. The summed E-state index contributed by atoms with van der Waals surface area (Å²) in [5.41, 5.74) is 0. The average Bonchev–Trinajstić information content (AvgIpc) is 2.76. The van der Waals surface area contributed by atoms with Gasteiger partial charge in [0.1, 0.15) is 0 Å². The van der Waals surface area contributed by atoms with E-state index in [0.29, 0.717) is 0 Å². The summed E-state index contributed by atoms with van der Waals surface area (Å²) in [6.45, 7) is 9.15. The van der Waals surface area contributed by atoms with Crippen LogP contribution in [0, 0.1) is 13.0 Å². The van der Waals surface area contributed by atoms with Crippen LogP contribution >= 0.6 is 15.9 Å². The number of alkyl halides is 1. The Morgan fingerprint density at radius 2 is 2.14 bits per heavy atom. The van der Waals surface area contributed by atoms with Crippen LogP contribution in [0.1, 0.15) is 26.2 Å². The fraction of sp³-hybridized carbons (Fsp3) is 0.417. The fourth-order valence-electron chi connectivity index (χ4n) is 0.340. The van der Waals surface area contributed by atoms with Crippen molar-refractivity contribution in [2.45, 2.75) is 26.2 Å². The van der Waals surface area contributed by atoms with Gasteiger partial charge in [-0.25, -0.2) is 12.2 Å². The van der Waals surface area contributed by atoms with Crippen molar-refractivity contribution < 1.29 is 26.2 Å². The van der Waals surface area contributed by atoms with Crippen LogP contribution < -0.4 is 0 Å². The number of unbranched alkanes of at least 4 members (excludes halogenated alkanes) is 1. The fourth-order valence-corrected chi connectivity index (χ4v) is 0.340. The van der Waals surface area contributed by atoms with Gasteiger partial charge in [-0.15, -0.1) is 13.0 Å². The Morgan fingerprint density at radius 1 is 1.64 bits per heavy atom. The second-order valence-electron chi connectivity index (χ2n) is 2.30. The molecule has 0 bridgehead atoms. The van der Waals surface area contributed by atoms with Crippen molar-refractivity contribution >= 4 is 15.9 Å². The van der Waals surface area contributed by atoms with E-state index in [0.717, 1.165) is 18.2 Å². The summed E-state index contributed by atoms with van der Waals surface area (Å²) in [4.78, 5) is 0. The third kappa shape index (κ3) is 29.4. The van der Waals surface area contributed by atoms with Gasteiger partial charge in [0, 0.05) is 5.33 Å². The van der Waals surface area contributed by atoms with Crippen molar-refractivity contribution in [1.82, 2.24) is 0 Å². The molecule has 0 aromatic carbocycles. The third-order valence-electron chi connectivity index (χ3n) is 1.05. The molecule has 0 heterocycles. The Kier molecular flexibility index (Phi) is 33.5. The maximum atomic E-state index is 3.60. The molecule has 0 atom stereocenters. The summed E-state index contributed by atoms with van der Waals surface area (Å²) in [5.74, 6) is 0. The normalized spacial score (nSPS) is 10.2. The standard InChI is InChI=1S/C5H5.C4H9.C3H5Br.Zr/c1-2-4-5-3-1;1-3-4-2;1-2-3-4;/h1-3H,4H2;1,3-4H2,2H3;2H,1,3H2;/q2*-1;;+2. The molecular formula is C12H19BrZr. The molecule has 1 aliphatic carbocycles. The van der Waals surface area contributed by atoms with E-state index in [2.05, 4.69) is 48.5 Å². The number of halogens is 1. The maximum absolute atomic E-state index is 3.60. The van der Waals surface area contributed by atoms with E-state index in [1.807, 2.05) is 12.2 Å². The van der Waals surface area contributed by atoms with E-state index >= 15 is 0 Å². The molecule has 0 saturated carbocycles. The first kappa shape index (κ1) is 20.1. The zero-order valence-corrected chi connectivity index (χ0v) is 13.0. The van der Waals surface area contributed by atoms with Crippen LogP contribution in [0.15, 0.2) is 30.9 Å². The molecule has 1 rings (SSSR count). The van der Waals surface area contributed by atoms with Gasteiger partial charge < -0.3 is 6.92 Å². The Bertz CT molecular complexity index is 127. The van der Waals surface area contributed by atoms with Crippen LogP contribution in [0.4, 0.5) is 0 Å². The Balaban J connectivity index is -0.000000127. The van der Waals surface area contributed by atoms with Crippen molar-refractivity contribution in [1.29, 1.82) is 0 Å². The predicted octanol–water partition coefficient (Wildman–Crippen LogP) is 4.49. The molecule has 0 spiro atoms. The molecule has 78 valence electrons. The Morgan fingerprint density at radius 3 is 2.21 bits per heavy atom. The van der Waals surface area contributed by atoms with Crippen molar-refractivity contribution in [3.63, 3.8) is 0 Å². The van der Waals surface area contributed by atoms with E-state index in [1.54, 1.807) is 6.08 Å². The molecule has 0 unspecified atom stereocenters. The molecule has 0 nitrogen and oxygen atoms in total. The summed E-state index contributed by atoms with van der Waals surface area (Å²) >= 11 is 3.13. The smallest absolute Gasteiger partial charge is 0.343 e. The van der Waals surface area contributed by atoms with E-state index < -0.39 is 0 Å². The minimum absolute atomic E-state index is 0. The van der Waals surface area contributed by atoms with E-state index in [4.69, 9.17) is 0 Å². The van der Waals surface area contributed by atoms with E-state index in [9.17, 15) is 0 Å². The van der Waals surface area contributed by atoms with Crippen LogP contribution in [-0.2, 0) is 26.2 Å². The number of hydrogen-bond acceptors (Lipinski definition) is 0. The first-order valence-electron chi connectivity index (χ1n) is 4.51. The van der Waals surface area contributed by atoms with Crippen LogP contribution in [0.3, 0.4) is 0 Å². The Labute approximate surface area is 117 Å². The average molecular weight is 334 g/mol. The van der Waals surface area contributed by atoms with Crippen LogP contribution in [0.2, 0.25) is 0 Å². The maximum Gasteiger partial charge on any atom is 2.00 e. The van der Waals surface area contributed by atoms with Crippen molar-refractivity contribution in [2.75, 3.05) is 5.33 Å². The van der Waals surface area contributed by atoms with Crippen LogP contribution in [-0.4, -0.2) is 5.33 Å². The second kappa shape index (κ2) is 23.4. The summed E-state index contributed by atoms with van der Waals surface area (Å²) in [6, 6.07) is 0. The molecular weight excluding hydrogens is 315 g/mol. The van der Waals surface area contributed by atoms with Gasteiger partial charge in [0.25, 0.3) is 0 Å². The summed E-state index contributed by atoms with van der Waals surface area (Å²) in [7, 11) is 0. The Hall–Kier alpha value is 0.583. The van der Waals surface area contributed by atoms with Gasteiger partial charge in [-0.3, -0.25) is 6.08 Å². The SMILES string of the molecule is C=CCBr.[C-]1=CC=CC1.[CH2-]CCC.[Zr+2]. The number of hydrogen-bond donors (Lipinski definition) is 0. The molecule has 0 N–H and O–H groups in total. The number of rotatable bonds is 2. The molecule has 0 aliphatic heterocycles. The van der Waals surface area contributed by atoms with Crippen molar-refractivity contribution in [3.05, 3.63) is 43.9 Å². The molecule has 0 aromatic heterocycles. The van der Waals surface area contributed by atoms with Gasteiger partial charge in [0.15, 0.2) is 0 Å². The summed E-state index contributed by atoms with van der Waals surface area (Å²) in [5, 5.41) is 0.896.